The van der Waals surface area contributed by atoms with Crippen LogP contribution in [0.15, 0.2) is 12.7 Å². The molecule has 0 saturated carbocycles. The van der Waals surface area contributed by atoms with Gasteiger partial charge in [0.1, 0.15) is 5.88 Å². The van der Waals surface area contributed by atoms with Gasteiger partial charge in [-0.1, -0.05) is 6.58 Å². The molecule has 0 spiro atoms. The topological polar surface area (TPSA) is 71.5 Å². The molecule has 1 aliphatic heterocycles. The molecule has 1 aliphatic rings. The van der Waals surface area contributed by atoms with E-state index in [4.69, 9.17) is 0 Å². The van der Waals surface area contributed by atoms with Crippen molar-refractivity contribution in [3.05, 3.63) is 12.7 Å². The molecule has 0 aromatic heterocycles. The zero-order valence-corrected chi connectivity index (χ0v) is 12.2. The smallest absolute Gasteiger partial charge is 0.224 e. The summed E-state index contributed by atoms with van der Waals surface area (Å²) in [6, 6.07) is 0. The minimum absolute atomic E-state index is 0.101. The van der Waals surface area contributed by atoms with Gasteiger partial charge >= 0.3 is 16.4 Å². The van der Waals surface area contributed by atoms with Crippen LogP contribution in [0.25, 0.3) is 0 Å². The normalized spacial score (nSPS) is 36.0. The predicted molar refractivity (Wildman–Crippen MR) is 59.3 cm³/mol. The molecule has 0 N–H and O–H groups in total. The van der Waals surface area contributed by atoms with E-state index in [1.165, 1.54) is 0 Å². The molecule has 0 aromatic rings. The van der Waals surface area contributed by atoms with Crippen molar-refractivity contribution in [2.45, 2.75) is 22.1 Å². The van der Waals surface area contributed by atoms with Crippen LogP contribution in [-0.4, -0.2) is 56.2 Å². The van der Waals surface area contributed by atoms with Crippen molar-refractivity contribution in [2.24, 2.45) is 0 Å². The van der Waals surface area contributed by atoms with Crippen molar-refractivity contribution in [3.63, 3.8) is 0 Å². The van der Waals surface area contributed by atoms with E-state index in [0.29, 0.717) is 0 Å². The molecule has 0 radical (unpaired) electrons. The molecule has 1 atom stereocenters. The Kier molecular flexibility index (Phi) is 3.98. The Morgan fingerprint density at radius 2 is 1.36 bits per heavy atom. The van der Waals surface area contributed by atoms with Gasteiger partial charge in [0.2, 0.25) is 9.84 Å². The summed E-state index contributed by atoms with van der Waals surface area (Å²) in [4.78, 5) is 0. The zero-order valence-electron chi connectivity index (χ0n) is 10.5. The molecule has 1 heterocycles. The average molecular weight is 379 g/mol. The molecule has 0 bridgehead atoms. The van der Waals surface area contributed by atoms with E-state index in [-0.39, 0.29) is 7.05 Å². The molecule has 22 heavy (non-hydrogen) atoms. The predicted octanol–water partition coefficient (Wildman–Crippen LogP) is 1.35. The van der Waals surface area contributed by atoms with Gasteiger partial charge in [0, 0.05) is 7.05 Å². The number of hydrogen-bond donors (Lipinski definition) is 0. The summed E-state index contributed by atoms with van der Waals surface area (Å²) < 4.78 is 140. The first-order valence-electron chi connectivity index (χ1n) is 5.08. The standard InChI is InChI=1S/C8H8F7NO4S2/c1-3-5(9)6(10,11)8(14,15)21(17,18)4-16(2)22(19,20)7(5,12)13/h3H,1,4H2,2H3. The van der Waals surface area contributed by atoms with E-state index < -0.39 is 58.2 Å². The molecular formula is C8H8F7NO4S2. The van der Waals surface area contributed by atoms with E-state index in [1.807, 2.05) is 0 Å². The van der Waals surface area contributed by atoms with Crippen molar-refractivity contribution in [1.82, 2.24) is 4.31 Å². The van der Waals surface area contributed by atoms with E-state index in [2.05, 4.69) is 6.58 Å². The second-order valence-electron chi connectivity index (χ2n) is 4.37. The summed E-state index contributed by atoms with van der Waals surface area (Å²) in [5.74, 6) is -8.99. The zero-order chi connectivity index (χ0) is 18.0. The lowest BCUT2D eigenvalue weighted by molar-refractivity contribution is -0.260. The van der Waals surface area contributed by atoms with Crippen molar-refractivity contribution >= 4 is 19.9 Å². The summed E-state index contributed by atoms with van der Waals surface area (Å²) in [5.41, 5.74) is -5.87. The Morgan fingerprint density at radius 1 is 0.955 bits per heavy atom. The van der Waals surface area contributed by atoms with E-state index >= 15 is 0 Å². The second-order valence-corrected chi connectivity index (χ2v) is 8.46. The minimum Gasteiger partial charge on any atom is -0.224 e. The number of alkyl halides is 7. The Labute approximate surface area is 120 Å². The third-order valence-corrected chi connectivity index (χ3v) is 6.83. The Balaban J connectivity index is 4.00. The Bertz CT molecular complexity index is 702. The quantitative estimate of drug-likeness (QED) is 0.509. The summed E-state index contributed by atoms with van der Waals surface area (Å²) in [6.07, 6.45) is -1.05. The lowest BCUT2D eigenvalue weighted by Crippen LogP contribution is -2.71. The summed E-state index contributed by atoms with van der Waals surface area (Å²) >= 11 is 0. The average Bonchev–Trinajstić information content (AvgIpc) is 2.34. The monoisotopic (exact) mass is 379 g/mol. The molecule has 0 aliphatic carbocycles. The first-order valence-corrected chi connectivity index (χ1v) is 8.17. The van der Waals surface area contributed by atoms with Crippen LogP contribution in [0.1, 0.15) is 0 Å². The van der Waals surface area contributed by atoms with E-state index in [9.17, 15) is 47.6 Å². The molecular weight excluding hydrogens is 371 g/mol. The lowest BCUT2D eigenvalue weighted by Gasteiger charge is -2.42. The molecule has 1 saturated heterocycles. The van der Waals surface area contributed by atoms with Crippen molar-refractivity contribution in [2.75, 3.05) is 12.9 Å². The van der Waals surface area contributed by atoms with Gasteiger partial charge in [0.05, 0.1) is 0 Å². The second kappa shape index (κ2) is 4.56. The molecule has 14 heteroatoms. The van der Waals surface area contributed by atoms with Crippen molar-refractivity contribution < 1.29 is 47.6 Å². The highest BCUT2D eigenvalue weighted by atomic mass is 32.2. The summed E-state index contributed by atoms with van der Waals surface area (Å²) in [6.45, 7) is 2.18. The maximum atomic E-state index is 14.0. The maximum Gasteiger partial charge on any atom is 0.412 e. The number of sulfonamides is 1. The van der Waals surface area contributed by atoms with Gasteiger partial charge in [-0.05, 0) is 6.08 Å². The molecule has 0 amide bonds. The number of nitrogens with zero attached hydrogens (tertiary/aromatic N) is 1. The largest absolute Gasteiger partial charge is 0.412 e. The fourth-order valence-electron chi connectivity index (χ4n) is 1.61. The molecule has 1 fully saturated rings. The van der Waals surface area contributed by atoms with E-state index in [1.54, 1.807) is 0 Å². The number of allylic oxidation sites excluding steroid dienone is 1. The first-order chi connectivity index (χ1) is 9.44. The Hall–Kier alpha value is -0.890. The van der Waals surface area contributed by atoms with Crippen LogP contribution >= 0.6 is 0 Å². The third kappa shape index (κ3) is 1.86. The maximum absolute atomic E-state index is 14.0. The van der Waals surface area contributed by atoms with Gasteiger partial charge < -0.3 is 0 Å². The number of halogens is 7. The fraction of sp³-hybridized carbons (Fsp3) is 0.750. The minimum atomic E-state index is -6.60. The highest BCUT2D eigenvalue weighted by Crippen LogP contribution is 2.57. The van der Waals surface area contributed by atoms with Crippen LogP contribution in [0.2, 0.25) is 0 Å². The number of sulfone groups is 1. The van der Waals surface area contributed by atoms with Gasteiger partial charge in [0.25, 0.3) is 15.7 Å². The van der Waals surface area contributed by atoms with Gasteiger partial charge in [0.15, 0.2) is 0 Å². The molecule has 5 nitrogen and oxygen atoms in total. The van der Waals surface area contributed by atoms with Gasteiger partial charge in [-0.3, -0.25) is 0 Å². The van der Waals surface area contributed by atoms with Crippen molar-refractivity contribution in [3.8, 4) is 0 Å². The van der Waals surface area contributed by atoms with Crippen LogP contribution in [0.4, 0.5) is 30.7 Å². The van der Waals surface area contributed by atoms with Crippen LogP contribution in [-0.2, 0) is 19.9 Å². The molecule has 130 valence electrons. The summed E-state index contributed by atoms with van der Waals surface area (Å²) in [7, 11) is -12.6. The molecule has 1 rings (SSSR count). The number of hydrogen-bond acceptors (Lipinski definition) is 4. The third-order valence-electron chi connectivity index (χ3n) is 3.00. The Morgan fingerprint density at radius 3 is 1.73 bits per heavy atom. The number of rotatable bonds is 1. The van der Waals surface area contributed by atoms with Crippen LogP contribution in [0.3, 0.4) is 0 Å². The van der Waals surface area contributed by atoms with Gasteiger partial charge in [-0.2, -0.15) is 30.6 Å². The van der Waals surface area contributed by atoms with Crippen molar-refractivity contribution in [1.29, 1.82) is 0 Å². The van der Waals surface area contributed by atoms with E-state index in [0.717, 1.165) is 0 Å². The lowest BCUT2D eigenvalue weighted by atomic mass is 9.98. The fourth-order valence-corrected chi connectivity index (χ4v) is 4.74. The van der Waals surface area contributed by atoms with Crippen LogP contribution in [0, 0.1) is 0 Å². The first kappa shape index (κ1) is 19.2. The van der Waals surface area contributed by atoms with Gasteiger partial charge in [-0.15, -0.1) is 0 Å². The highest BCUT2D eigenvalue weighted by Gasteiger charge is 2.86. The molecule has 1 unspecified atom stereocenters. The van der Waals surface area contributed by atoms with Crippen LogP contribution < -0.4 is 0 Å². The summed E-state index contributed by atoms with van der Waals surface area (Å²) in [5, 5.41) is -12.4. The van der Waals surface area contributed by atoms with Gasteiger partial charge in [-0.25, -0.2) is 21.2 Å². The van der Waals surface area contributed by atoms with Crippen LogP contribution in [0.5, 0.6) is 0 Å². The highest BCUT2D eigenvalue weighted by molar-refractivity contribution is 7.95. The SMILES string of the molecule is C=CC1(F)C(F)(F)C(F)(F)S(=O)(=O)CN(C)S(=O)(=O)C1(F)F. The molecule has 0 aromatic carbocycles.